The van der Waals surface area contributed by atoms with Crippen molar-refractivity contribution in [3.05, 3.63) is 42.4 Å². The minimum absolute atomic E-state index is 0.685. The molecule has 0 aromatic carbocycles. The van der Waals surface area contributed by atoms with Crippen LogP contribution in [0.5, 0.6) is 5.88 Å². The molecular weight excluding hydrogens is 415 g/mol. The van der Waals surface area contributed by atoms with Crippen LogP contribution in [0.2, 0.25) is 0 Å². The summed E-state index contributed by atoms with van der Waals surface area (Å²) in [5.74, 6) is 0.306. The zero-order chi connectivity index (χ0) is 22.4. The number of fused-ring (bicyclic) bond motifs is 1. The molecule has 2 fully saturated rings. The maximum Gasteiger partial charge on any atom is 0.490 e. The van der Waals surface area contributed by atoms with Gasteiger partial charge in [0.1, 0.15) is 0 Å². The van der Waals surface area contributed by atoms with Crippen molar-refractivity contribution in [2.75, 3.05) is 38.2 Å². The molecule has 168 valence electrons. The van der Waals surface area contributed by atoms with E-state index in [2.05, 4.69) is 30.8 Å². The van der Waals surface area contributed by atoms with Gasteiger partial charge in [0.05, 0.1) is 7.11 Å². The van der Waals surface area contributed by atoms with Gasteiger partial charge in [-0.25, -0.2) is 19.7 Å². The fraction of sp³-hybridized carbons (Fsp3) is 0.500. The van der Waals surface area contributed by atoms with E-state index in [1.807, 2.05) is 24.5 Å². The highest BCUT2D eigenvalue weighted by molar-refractivity contribution is 5.73. The zero-order valence-corrected chi connectivity index (χ0v) is 17.0. The van der Waals surface area contributed by atoms with Gasteiger partial charge in [-0.05, 0) is 30.4 Å². The lowest BCUT2D eigenvalue weighted by atomic mass is 9.89. The Balaban J connectivity index is 0.000000339. The fourth-order valence-corrected chi connectivity index (χ4v) is 4.00. The van der Waals surface area contributed by atoms with Gasteiger partial charge in [-0.15, -0.1) is 0 Å². The topological polar surface area (TPSA) is 91.7 Å². The lowest BCUT2D eigenvalue weighted by Crippen LogP contribution is -2.40. The number of pyridine rings is 1. The number of likely N-dealkylation sites (tertiary alicyclic amines) is 1. The number of hydrogen-bond acceptors (Lipinski definition) is 7. The summed E-state index contributed by atoms with van der Waals surface area (Å²) in [5, 5.41) is 7.12. The van der Waals surface area contributed by atoms with Crippen LogP contribution in [-0.4, -0.2) is 70.4 Å². The maximum absolute atomic E-state index is 10.6. The number of piperidine rings is 1. The van der Waals surface area contributed by atoms with Gasteiger partial charge < -0.3 is 14.7 Å². The summed E-state index contributed by atoms with van der Waals surface area (Å²) in [7, 11) is 1.69. The van der Waals surface area contributed by atoms with E-state index >= 15 is 0 Å². The summed E-state index contributed by atoms with van der Waals surface area (Å²) in [4.78, 5) is 26.9. The number of carboxylic acids is 1. The molecule has 0 radical (unpaired) electrons. The molecule has 11 heteroatoms. The monoisotopic (exact) mass is 439 g/mol. The molecule has 0 unspecified atom stereocenters. The number of rotatable bonds is 4. The van der Waals surface area contributed by atoms with Gasteiger partial charge in [-0.2, -0.15) is 13.2 Å². The van der Waals surface area contributed by atoms with Gasteiger partial charge in [0.2, 0.25) is 11.8 Å². The van der Waals surface area contributed by atoms with Crippen LogP contribution in [0, 0.1) is 11.8 Å². The van der Waals surface area contributed by atoms with Gasteiger partial charge in [-0.1, -0.05) is 6.07 Å². The maximum atomic E-state index is 10.6. The average molecular weight is 439 g/mol. The normalized spacial score (nSPS) is 21.1. The molecule has 2 aromatic heterocycles. The summed E-state index contributed by atoms with van der Waals surface area (Å²) < 4.78 is 37.1. The molecule has 2 aliphatic heterocycles. The van der Waals surface area contributed by atoms with Crippen LogP contribution in [0.3, 0.4) is 0 Å². The van der Waals surface area contributed by atoms with E-state index in [0.29, 0.717) is 5.92 Å². The smallest absolute Gasteiger partial charge is 0.481 e. The second kappa shape index (κ2) is 9.90. The second-order valence-electron chi connectivity index (χ2n) is 7.47. The largest absolute Gasteiger partial charge is 0.490 e. The summed E-state index contributed by atoms with van der Waals surface area (Å²) in [6.45, 7) is 5.29. The minimum Gasteiger partial charge on any atom is -0.481 e. The van der Waals surface area contributed by atoms with Crippen molar-refractivity contribution in [2.24, 2.45) is 11.8 Å². The summed E-state index contributed by atoms with van der Waals surface area (Å²) >= 11 is 0. The Morgan fingerprint density at radius 1 is 1.13 bits per heavy atom. The molecule has 2 saturated heterocycles. The van der Waals surface area contributed by atoms with E-state index in [1.165, 1.54) is 12.0 Å². The van der Waals surface area contributed by atoms with E-state index in [1.54, 1.807) is 13.3 Å². The van der Waals surface area contributed by atoms with Crippen molar-refractivity contribution in [1.82, 2.24) is 19.9 Å². The number of ether oxygens (including phenoxy) is 1. The number of halogens is 3. The van der Waals surface area contributed by atoms with Crippen LogP contribution in [0.1, 0.15) is 12.0 Å². The Bertz CT molecular complexity index is 869. The Hall–Kier alpha value is -2.95. The predicted molar refractivity (Wildman–Crippen MR) is 106 cm³/mol. The number of aliphatic carboxylic acids is 1. The first-order chi connectivity index (χ1) is 14.8. The number of nitrogens with zero attached hydrogens (tertiary/aromatic N) is 5. The van der Waals surface area contributed by atoms with Crippen molar-refractivity contribution < 1.29 is 27.8 Å². The van der Waals surface area contributed by atoms with E-state index in [0.717, 1.165) is 50.5 Å². The zero-order valence-electron chi connectivity index (χ0n) is 17.0. The third kappa shape index (κ3) is 6.03. The lowest BCUT2D eigenvalue weighted by molar-refractivity contribution is -0.192. The fourth-order valence-electron chi connectivity index (χ4n) is 4.00. The summed E-state index contributed by atoms with van der Waals surface area (Å²) in [6.07, 6.45) is 1.56. The standard InChI is InChI=1S/C18H23N5O.C2HF3O2/c1-24-17-15(4-2-6-19-17)11-22-10-14-5-9-23(13-16(14)12-22)18-20-7-3-8-21-18;3-2(4,5)1(6)7/h2-4,6-8,14,16H,5,9-13H2,1H3;(H,6,7)/t14-,16-;/m1./s1. The van der Waals surface area contributed by atoms with Gasteiger partial charge in [0, 0.05) is 56.9 Å². The molecule has 2 aliphatic rings. The van der Waals surface area contributed by atoms with Crippen molar-refractivity contribution in [3.63, 3.8) is 0 Å². The van der Waals surface area contributed by atoms with Gasteiger partial charge in [-0.3, -0.25) is 4.90 Å². The van der Waals surface area contributed by atoms with Gasteiger partial charge in [0.15, 0.2) is 0 Å². The lowest BCUT2D eigenvalue weighted by Gasteiger charge is -2.34. The highest BCUT2D eigenvalue weighted by atomic mass is 19.4. The van der Waals surface area contributed by atoms with Crippen LogP contribution in [0.15, 0.2) is 36.8 Å². The number of aromatic nitrogens is 3. The molecule has 31 heavy (non-hydrogen) atoms. The molecule has 2 atom stereocenters. The number of alkyl halides is 3. The molecule has 1 N–H and O–H groups in total. The van der Waals surface area contributed by atoms with Crippen LogP contribution in [0.4, 0.5) is 19.1 Å². The van der Waals surface area contributed by atoms with Gasteiger partial charge in [0.25, 0.3) is 0 Å². The number of anilines is 1. The highest BCUT2D eigenvalue weighted by Crippen LogP contribution is 2.33. The van der Waals surface area contributed by atoms with E-state index in [4.69, 9.17) is 14.6 Å². The molecular formula is C20H24F3N5O3. The second-order valence-corrected chi connectivity index (χ2v) is 7.47. The van der Waals surface area contributed by atoms with Crippen LogP contribution < -0.4 is 9.64 Å². The third-order valence-corrected chi connectivity index (χ3v) is 5.39. The van der Waals surface area contributed by atoms with Crippen LogP contribution in [-0.2, 0) is 11.3 Å². The molecule has 0 spiro atoms. The predicted octanol–water partition coefficient (Wildman–Crippen LogP) is 2.47. The molecule has 0 saturated carbocycles. The number of methoxy groups -OCH3 is 1. The molecule has 2 aromatic rings. The Morgan fingerprint density at radius 2 is 1.77 bits per heavy atom. The van der Waals surface area contributed by atoms with Crippen LogP contribution in [0.25, 0.3) is 0 Å². The summed E-state index contributed by atoms with van der Waals surface area (Å²) in [5.41, 5.74) is 1.17. The van der Waals surface area contributed by atoms with E-state index in [-0.39, 0.29) is 0 Å². The van der Waals surface area contributed by atoms with Crippen molar-refractivity contribution in [1.29, 1.82) is 0 Å². The first-order valence-electron chi connectivity index (χ1n) is 9.80. The van der Waals surface area contributed by atoms with E-state index in [9.17, 15) is 13.2 Å². The SMILES string of the molecule is COc1ncccc1CN1C[C@H]2CCN(c3ncccn3)C[C@H]2C1.O=C(O)C(F)(F)F. The molecule has 0 amide bonds. The Morgan fingerprint density at radius 3 is 2.42 bits per heavy atom. The van der Waals surface area contributed by atoms with Crippen molar-refractivity contribution in [3.8, 4) is 5.88 Å². The van der Waals surface area contributed by atoms with Gasteiger partial charge >= 0.3 is 12.1 Å². The summed E-state index contributed by atoms with van der Waals surface area (Å²) in [6, 6.07) is 5.96. The molecule has 0 bridgehead atoms. The molecule has 8 nitrogen and oxygen atoms in total. The molecule has 0 aliphatic carbocycles. The average Bonchev–Trinajstić information content (AvgIpc) is 3.16. The number of carboxylic acid groups (broad SMARTS) is 1. The van der Waals surface area contributed by atoms with E-state index < -0.39 is 12.1 Å². The van der Waals surface area contributed by atoms with Crippen LogP contribution >= 0.6 is 0 Å². The number of hydrogen-bond donors (Lipinski definition) is 1. The quantitative estimate of drug-likeness (QED) is 0.777. The first-order valence-corrected chi connectivity index (χ1v) is 9.80. The van der Waals surface area contributed by atoms with Crippen molar-refractivity contribution in [2.45, 2.75) is 19.1 Å². The Kier molecular flexibility index (Phi) is 7.26. The Labute approximate surface area is 177 Å². The highest BCUT2D eigenvalue weighted by Gasteiger charge is 2.38. The molecule has 4 rings (SSSR count). The third-order valence-electron chi connectivity index (χ3n) is 5.39. The van der Waals surface area contributed by atoms with Crippen molar-refractivity contribution >= 4 is 11.9 Å². The minimum atomic E-state index is -5.08. The number of carbonyl (C=O) groups is 1. The first kappa shape index (κ1) is 22.7. The molecule has 4 heterocycles.